The lowest BCUT2D eigenvalue weighted by atomic mass is 9.82. The van der Waals surface area contributed by atoms with E-state index in [0.29, 0.717) is 24.3 Å². The first-order chi connectivity index (χ1) is 12.1. The molecule has 0 atom stereocenters. The summed E-state index contributed by atoms with van der Waals surface area (Å²) in [4.78, 5) is 25.5. The van der Waals surface area contributed by atoms with Crippen LogP contribution in [0, 0.1) is 0 Å². The van der Waals surface area contributed by atoms with Gasteiger partial charge >= 0.3 is 0 Å². The molecule has 0 radical (unpaired) electrons. The Morgan fingerprint density at radius 1 is 0.920 bits per heavy atom. The molecule has 0 fully saturated rings. The molecular formula is C19H20N2O4. The summed E-state index contributed by atoms with van der Waals surface area (Å²) in [6.45, 7) is 3.35. The van der Waals surface area contributed by atoms with Gasteiger partial charge in [0.15, 0.2) is 11.6 Å². The Balaban J connectivity index is 1.96. The quantitative estimate of drug-likeness (QED) is 0.527. The summed E-state index contributed by atoms with van der Waals surface area (Å²) in [7, 11) is 0. The highest BCUT2D eigenvalue weighted by Crippen LogP contribution is 2.39. The lowest BCUT2D eigenvalue weighted by Crippen LogP contribution is -2.24. The highest BCUT2D eigenvalue weighted by Gasteiger charge is 2.34. The van der Waals surface area contributed by atoms with Crippen molar-refractivity contribution in [3.05, 3.63) is 52.6 Å². The number of carbonyl (C=O) groups is 2. The van der Waals surface area contributed by atoms with Crippen molar-refractivity contribution < 1.29 is 19.1 Å². The fourth-order valence-corrected chi connectivity index (χ4v) is 2.90. The number of anilines is 2. The number of rotatable bonds is 6. The van der Waals surface area contributed by atoms with E-state index in [1.807, 2.05) is 6.92 Å². The topological polar surface area (TPSA) is 105 Å². The van der Waals surface area contributed by atoms with Crippen LogP contribution in [-0.2, 0) is 4.74 Å². The number of ether oxygens (including phenoxy) is 2. The highest BCUT2D eigenvalue weighted by atomic mass is 16.5. The average Bonchev–Trinajstić information content (AvgIpc) is 2.62. The highest BCUT2D eigenvalue weighted by molar-refractivity contribution is 6.32. The molecule has 1 aliphatic carbocycles. The second-order valence-electron chi connectivity index (χ2n) is 5.79. The molecule has 6 nitrogen and oxygen atoms in total. The summed E-state index contributed by atoms with van der Waals surface area (Å²) >= 11 is 0. The van der Waals surface area contributed by atoms with Crippen LogP contribution in [0.5, 0.6) is 5.75 Å². The molecule has 3 rings (SSSR count). The van der Waals surface area contributed by atoms with Gasteiger partial charge in [-0.05, 0) is 6.42 Å². The van der Waals surface area contributed by atoms with Crippen molar-refractivity contribution in [2.45, 2.75) is 13.3 Å². The van der Waals surface area contributed by atoms with Gasteiger partial charge in [0.05, 0.1) is 23.4 Å². The molecule has 2 aromatic rings. The van der Waals surface area contributed by atoms with E-state index in [4.69, 9.17) is 20.9 Å². The molecule has 2 aromatic carbocycles. The smallest absolute Gasteiger partial charge is 0.196 e. The van der Waals surface area contributed by atoms with Crippen LogP contribution < -0.4 is 16.2 Å². The van der Waals surface area contributed by atoms with Crippen molar-refractivity contribution in [1.29, 1.82) is 0 Å². The number of ketones is 2. The molecule has 0 heterocycles. The van der Waals surface area contributed by atoms with Crippen LogP contribution >= 0.6 is 0 Å². The second kappa shape index (κ2) is 6.94. The van der Waals surface area contributed by atoms with E-state index in [9.17, 15) is 9.59 Å². The van der Waals surface area contributed by atoms with Gasteiger partial charge in [-0.15, -0.1) is 0 Å². The van der Waals surface area contributed by atoms with Gasteiger partial charge in [-0.1, -0.05) is 31.2 Å². The van der Waals surface area contributed by atoms with Crippen molar-refractivity contribution in [2.75, 3.05) is 31.3 Å². The van der Waals surface area contributed by atoms with Gasteiger partial charge in [0.25, 0.3) is 0 Å². The van der Waals surface area contributed by atoms with E-state index in [1.54, 1.807) is 24.3 Å². The average molecular weight is 340 g/mol. The molecule has 0 spiro atoms. The van der Waals surface area contributed by atoms with Crippen molar-refractivity contribution in [2.24, 2.45) is 0 Å². The first-order valence-corrected chi connectivity index (χ1v) is 8.17. The Kier molecular flexibility index (Phi) is 4.72. The minimum atomic E-state index is -0.318. The molecule has 0 unspecified atom stereocenters. The van der Waals surface area contributed by atoms with Gasteiger partial charge in [-0.2, -0.15) is 0 Å². The first-order valence-electron chi connectivity index (χ1n) is 8.17. The summed E-state index contributed by atoms with van der Waals surface area (Å²) in [5, 5.41) is 0. The zero-order chi connectivity index (χ0) is 18.0. The zero-order valence-corrected chi connectivity index (χ0v) is 14.0. The second-order valence-corrected chi connectivity index (χ2v) is 5.79. The molecular weight excluding hydrogens is 320 g/mol. The standard InChI is InChI=1S/C19H20N2O4/c1-2-7-24-8-9-25-14-10-13(20)15-16(17(14)21)19(23)12-6-4-3-5-11(12)18(15)22/h3-6,10H,2,7-9,20-21H2,1H3. The van der Waals surface area contributed by atoms with Crippen LogP contribution in [0.1, 0.15) is 45.2 Å². The molecule has 0 amide bonds. The molecule has 0 aromatic heterocycles. The molecule has 0 saturated heterocycles. The van der Waals surface area contributed by atoms with Crippen LogP contribution in [0.25, 0.3) is 0 Å². The summed E-state index contributed by atoms with van der Waals surface area (Å²) in [5.74, 6) is -0.328. The van der Waals surface area contributed by atoms with Crippen molar-refractivity contribution in [3.8, 4) is 5.75 Å². The Labute approximate surface area is 145 Å². The van der Waals surface area contributed by atoms with E-state index >= 15 is 0 Å². The predicted molar refractivity (Wildman–Crippen MR) is 95.2 cm³/mol. The molecule has 0 saturated carbocycles. The van der Waals surface area contributed by atoms with Gasteiger partial charge in [0.1, 0.15) is 12.4 Å². The maximum Gasteiger partial charge on any atom is 0.196 e. The number of hydrogen-bond acceptors (Lipinski definition) is 6. The minimum Gasteiger partial charge on any atom is -0.489 e. The largest absolute Gasteiger partial charge is 0.489 e. The molecule has 0 aliphatic heterocycles. The Morgan fingerprint density at radius 3 is 2.20 bits per heavy atom. The molecule has 130 valence electrons. The summed E-state index contributed by atoms with van der Waals surface area (Å²) < 4.78 is 11.0. The third-order valence-electron chi connectivity index (χ3n) is 4.06. The Morgan fingerprint density at radius 2 is 1.56 bits per heavy atom. The molecule has 6 heteroatoms. The van der Waals surface area contributed by atoms with Crippen molar-refractivity contribution >= 4 is 22.9 Å². The number of nitrogens with two attached hydrogens (primary N) is 2. The van der Waals surface area contributed by atoms with E-state index in [0.717, 1.165) is 6.42 Å². The number of nitrogen functional groups attached to an aromatic ring is 2. The van der Waals surface area contributed by atoms with E-state index in [1.165, 1.54) is 6.07 Å². The van der Waals surface area contributed by atoms with Crippen LogP contribution in [0.4, 0.5) is 11.4 Å². The number of hydrogen-bond donors (Lipinski definition) is 2. The van der Waals surface area contributed by atoms with Gasteiger partial charge in [-0.25, -0.2) is 0 Å². The summed E-state index contributed by atoms with van der Waals surface area (Å²) in [6, 6.07) is 8.14. The van der Waals surface area contributed by atoms with Crippen LogP contribution in [0.2, 0.25) is 0 Å². The fourth-order valence-electron chi connectivity index (χ4n) is 2.90. The SMILES string of the molecule is CCCOCCOc1cc(N)c2c(c1N)C(=O)c1ccccc1C2=O. The van der Waals surface area contributed by atoms with E-state index < -0.39 is 0 Å². The first kappa shape index (κ1) is 17.0. The van der Waals surface area contributed by atoms with Crippen LogP contribution in [-0.4, -0.2) is 31.4 Å². The van der Waals surface area contributed by atoms with Gasteiger partial charge in [0, 0.05) is 29.5 Å². The van der Waals surface area contributed by atoms with E-state index in [2.05, 4.69) is 0 Å². The lowest BCUT2D eigenvalue weighted by molar-refractivity contribution is 0.0976. The van der Waals surface area contributed by atoms with Crippen LogP contribution in [0.3, 0.4) is 0 Å². The maximum absolute atomic E-state index is 12.8. The zero-order valence-electron chi connectivity index (χ0n) is 14.0. The summed E-state index contributed by atoms with van der Waals surface area (Å²) in [6.07, 6.45) is 0.921. The van der Waals surface area contributed by atoms with Gasteiger partial charge in [-0.3, -0.25) is 9.59 Å². The Bertz CT molecular complexity index is 846. The maximum atomic E-state index is 12.8. The van der Waals surface area contributed by atoms with Crippen LogP contribution in [0.15, 0.2) is 30.3 Å². The molecule has 1 aliphatic rings. The third-order valence-corrected chi connectivity index (χ3v) is 4.06. The number of fused-ring (bicyclic) bond motifs is 2. The number of benzene rings is 2. The number of carbonyl (C=O) groups excluding carboxylic acids is 2. The third kappa shape index (κ3) is 2.96. The molecule has 0 bridgehead atoms. The van der Waals surface area contributed by atoms with Crippen molar-refractivity contribution in [1.82, 2.24) is 0 Å². The Hall–Kier alpha value is -2.86. The molecule has 4 N–H and O–H groups in total. The van der Waals surface area contributed by atoms with Crippen molar-refractivity contribution in [3.63, 3.8) is 0 Å². The van der Waals surface area contributed by atoms with E-state index in [-0.39, 0.29) is 46.4 Å². The minimum absolute atomic E-state index is 0.119. The fraction of sp³-hybridized carbons (Fsp3) is 0.263. The predicted octanol–water partition coefficient (Wildman–Crippen LogP) is 2.43. The van der Waals surface area contributed by atoms with Gasteiger partial charge in [0.2, 0.25) is 0 Å². The normalized spacial score (nSPS) is 12.7. The monoisotopic (exact) mass is 340 g/mol. The van der Waals surface area contributed by atoms with Gasteiger partial charge < -0.3 is 20.9 Å². The summed E-state index contributed by atoms with van der Waals surface area (Å²) in [5.41, 5.74) is 13.4. The molecule has 25 heavy (non-hydrogen) atoms. The lowest BCUT2D eigenvalue weighted by Gasteiger charge is -2.22.